The van der Waals surface area contributed by atoms with Crippen molar-refractivity contribution in [3.05, 3.63) is 93.9 Å². The average Bonchev–Trinajstić information content (AvgIpc) is 3.06. The minimum Gasteiger partial charge on any atom is -0.423 e. The number of fused-ring (bicyclic) bond motifs is 2. The topological polar surface area (TPSA) is 47.5 Å². The molecule has 0 fully saturated rings. The number of rotatable bonds is 3. The Morgan fingerprint density at radius 3 is 2.61 bits per heavy atom. The molecule has 0 unspecified atom stereocenters. The first-order valence-electron chi connectivity index (χ1n) is 8.63. The lowest BCUT2D eigenvalue weighted by molar-refractivity contribution is 0.557. The zero-order chi connectivity index (χ0) is 19.1. The van der Waals surface area contributed by atoms with Gasteiger partial charge in [0.05, 0.1) is 0 Å². The number of pyridine rings is 1. The molecule has 3 heterocycles. The summed E-state index contributed by atoms with van der Waals surface area (Å²) in [5.41, 5.74) is 2.96. The maximum atomic E-state index is 12.1. The van der Waals surface area contributed by atoms with Gasteiger partial charge in [0.15, 0.2) is 0 Å². The second-order valence-electron chi connectivity index (χ2n) is 6.24. The van der Waals surface area contributed by atoms with Crippen molar-refractivity contribution in [3.63, 3.8) is 0 Å². The van der Waals surface area contributed by atoms with Crippen molar-refractivity contribution in [2.75, 3.05) is 0 Å². The van der Waals surface area contributed by atoms with Crippen LogP contribution in [0.3, 0.4) is 0 Å². The van der Waals surface area contributed by atoms with Gasteiger partial charge in [0.1, 0.15) is 22.0 Å². The van der Waals surface area contributed by atoms with Crippen LogP contribution in [0.2, 0.25) is 0 Å². The van der Waals surface area contributed by atoms with Crippen LogP contribution in [0.15, 0.2) is 103 Å². The summed E-state index contributed by atoms with van der Waals surface area (Å²) >= 11 is 5.06. The molecule has 0 bridgehead atoms. The molecule has 4 nitrogen and oxygen atoms in total. The van der Waals surface area contributed by atoms with Crippen molar-refractivity contribution in [2.24, 2.45) is 0 Å². The quantitative estimate of drug-likeness (QED) is 0.316. The van der Waals surface area contributed by atoms with Gasteiger partial charge in [-0.3, -0.25) is 4.40 Å². The van der Waals surface area contributed by atoms with Gasteiger partial charge in [-0.05, 0) is 34.1 Å². The second kappa shape index (κ2) is 6.96. The molecular formula is C22H13BrN2O2S. The van der Waals surface area contributed by atoms with Crippen molar-refractivity contribution < 1.29 is 4.42 Å². The largest absolute Gasteiger partial charge is 0.423 e. The minimum absolute atomic E-state index is 0.363. The molecule has 0 radical (unpaired) electrons. The van der Waals surface area contributed by atoms with E-state index in [0.717, 1.165) is 36.7 Å². The summed E-state index contributed by atoms with van der Waals surface area (Å²) in [5.74, 6) is 0. The van der Waals surface area contributed by atoms with Gasteiger partial charge in [-0.15, -0.1) is 0 Å². The van der Waals surface area contributed by atoms with E-state index in [-0.39, 0.29) is 5.63 Å². The summed E-state index contributed by atoms with van der Waals surface area (Å²) in [6.07, 6.45) is 1.99. The normalized spacial score (nSPS) is 11.3. The predicted molar refractivity (Wildman–Crippen MR) is 115 cm³/mol. The molecular weight excluding hydrogens is 436 g/mol. The van der Waals surface area contributed by atoms with Gasteiger partial charge >= 0.3 is 5.63 Å². The van der Waals surface area contributed by atoms with Crippen LogP contribution in [0.25, 0.3) is 27.9 Å². The average molecular weight is 449 g/mol. The summed E-state index contributed by atoms with van der Waals surface area (Å²) in [7, 11) is 0. The number of para-hydroxylation sites is 1. The fraction of sp³-hybridized carbons (Fsp3) is 0. The third-order valence-electron chi connectivity index (χ3n) is 4.40. The molecule has 2 aromatic carbocycles. The summed E-state index contributed by atoms with van der Waals surface area (Å²) in [4.78, 5) is 17.8. The summed E-state index contributed by atoms with van der Waals surface area (Å²) in [5, 5.41) is 1.84. The first kappa shape index (κ1) is 17.3. The van der Waals surface area contributed by atoms with Crippen molar-refractivity contribution in [3.8, 4) is 11.3 Å². The Morgan fingerprint density at radius 1 is 0.964 bits per heavy atom. The van der Waals surface area contributed by atoms with Gasteiger partial charge in [-0.2, -0.15) is 0 Å². The summed E-state index contributed by atoms with van der Waals surface area (Å²) in [6, 6.07) is 23.1. The number of imidazole rings is 1. The predicted octanol–water partition coefficient (Wildman–Crippen LogP) is 6.02. The van der Waals surface area contributed by atoms with Crippen LogP contribution in [-0.4, -0.2) is 9.38 Å². The molecule has 3 aromatic heterocycles. The van der Waals surface area contributed by atoms with Crippen LogP contribution >= 0.6 is 27.7 Å². The Hall–Kier alpha value is -2.83. The third-order valence-corrected chi connectivity index (χ3v) is 6.01. The number of hydrogen-bond acceptors (Lipinski definition) is 4. The van der Waals surface area contributed by atoms with Gasteiger partial charge in [0, 0.05) is 32.6 Å². The van der Waals surface area contributed by atoms with E-state index >= 15 is 0 Å². The Balaban J connectivity index is 1.77. The number of halogens is 1. The molecule has 28 heavy (non-hydrogen) atoms. The van der Waals surface area contributed by atoms with Crippen molar-refractivity contribution >= 4 is 44.3 Å². The molecule has 5 rings (SSSR count). The molecule has 0 saturated carbocycles. The zero-order valence-electron chi connectivity index (χ0n) is 14.5. The number of nitrogens with zero attached hydrogens (tertiary/aromatic N) is 2. The Morgan fingerprint density at radius 2 is 1.75 bits per heavy atom. The molecule has 0 amide bonds. The van der Waals surface area contributed by atoms with Crippen LogP contribution in [0.1, 0.15) is 0 Å². The number of benzene rings is 2. The van der Waals surface area contributed by atoms with Crippen LogP contribution in [0.5, 0.6) is 0 Å². The lowest BCUT2D eigenvalue weighted by Gasteiger charge is -2.08. The van der Waals surface area contributed by atoms with Gasteiger partial charge in [0.25, 0.3) is 0 Å². The van der Waals surface area contributed by atoms with Gasteiger partial charge < -0.3 is 4.42 Å². The molecule has 136 valence electrons. The van der Waals surface area contributed by atoms with Crippen molar-refractivity contribution in [2.45, 2.75) is 9.92 Å². The van der Waals surface area contributed by atoms with E-state index in [0.29, 0.717) is 5.58 Å². The summed E-state index contributed by atoms with van der Waals surface area (Å²) in [6.45, 7) is 0. The Labute approximate surface area is 173 Å². The first-order valence-corrected chi connectivity index (χ1v) is 10.2. The van der Waals surface area contributed by atoms with Crippen molar-refractivity contribution in [1.82, 2.24) is 9.38 Å². The van der Waals surface area contributed by atoms with E-state index in [1.165, 1.54) is 11.8 Å². The van der Waals surface area contributed by atoms with Crippen LogP contribution in [0.4, 0.5) is 0 Å². The third kappa shape index (κ3) is 3.04. The molecule has 0 aliphatic carbocycles. The second-order valence-corrected chi connectivity index (χ2v) is 8.18. The van der Waals surface area contributed by atoms with E-state index in [9.17, 15) is 4.79 Å². The molecule has 5 aromatic rings. The van der Waals surface area contributed by atoms with E-state index in [1.54, 1.807) is 6.07 Å². The highest BCUT2D eigenvalue weighted by Gasteiger charge is 2.17. The smallest absolute Gasteiger partial charge is 0.337 e. The Bertz CT molecular complexity index is 1380. The minimum atomic E-state index is -0.363. The van der Waals surface area contributed by atoms with Gasteiger partial charge in [-0.25, -0.2) is 9.78 Å². The van der Waals surface area contributed by atoms with Gasteiger partial charge in [-0.1, -0.05) is 60.3 Å². The first-order chi connectivity index (χ1) is 13.7. The van der Waals surface area contributed by atoms with Crippen LogP contribution in [-0.2, 0) is 0 Å². The standard InChI is InChI=1S/C22H13BrN2O2S/c23-15-10-11-19-24-21(14-6-2-1-3-7-14)22(25(19)13-15)28-18-12-20(26)27-17-9-5-4-8-16(17)18/h1-13H. The van der Waals surface area contributed by atoms with E-state index in [1.807, 2.05) is 77.3 Å². The lowest BCUT2D eigenvalue weighted by atomic mass is 10.2. The maximum absolute atomic E-state index is 12.1. The van der Waals surface area contributed by atoms with Crippen molar-refractivity contribution in [1.29, 1.82) is 0 Å². The highest BCUT2D eigenvalue weighted by Crippen LogP contribution is 2.39. The van der Waals surface area contributed by atoms with Crippen LogP contribution in [0, 0.1) is 0 Å². The lowest BCUT2D eigenvalue weighted by Crippen LogP contribution is -1.97. The fourth-order valence-corrected chi connectivity index (χ4v) is 4.63. The summed E-state index contributed by atoms with van der Waals surface area (Å²) < 4.78 is 8.34. The maximum Gasteiger partial charge on any atom is 0.337 e. The van der Waals surface area contributed by atoms with E-state index in [2.05, 4.69) is 15.9 Å². The van der Waals surface area contributed by atoms with E-state index < -0.39 is 0 Å². The van der Waals surface area contributed by atoms with Crippen LogP contribution < -0.4 is 5.63 Å². The number of hydrogen-bond donors (Lipinski definition) is 0. The van der Waals surface area contributed by atoms with Gasteiger partial charge in [0.2, 0.25) is 0 Å². The molecule has 0 atom stereocenters. The monoisotopic (exact) mass is 448 g/mol. The Kier molecular flexibility index (Phi) is 4.30. The molecule has 0 saturated heterocycles. The molecule has 0 N–H and O–H groups in total. The van der Waals surface area contributed by atoms with E-state index in [4.69, 9.17) is 9.40 Å². The number of aromatic nitrogens is 2. The molecule has 0 spiro atoms. The molecule has 0 aliphatic heterocycles. The highest BCUT2D eigenvalue weighted by molar-refractivity contribution is 9.10. The molecule has 6 heteroatoms. The zero-order valence-corrected chi connectivity index (χ0v) is 16.9. The SMILES string of the molecule is O=c1cc(Sc2c(-c3ccccc3)nc3ccc(Br)cn23)c2ccccc2o1. The molecule has 0 aliphatic rings. The highest BCUT2D eigenvalue weighted by atomic mass is 79.9. The fourth-order valence-electron chi connectivity index (χ4n) is 3.15.